The highest BCUT2D eigenvalue weighted by Gasteiger charge is 2.44. The largest absolute Gasteiger partial charge is 0.508 e. The Morgan fingerprint density at radius 3 is 2.37 bits per heavy atom. The molecule has 5 rings (SSSR count). The minimum atomic E-state index is -5.24. The van der Waals surface area contributed by atoms with Gasteiger partial charge in [0.15, 0.2) is 0 Å². The van der Waals surface area contributed by atoms with Crippen LogP contribution < -0.4 is 4.90 Å². The molecule has 2 aromatic heterocycles. The Bertz CT molecular complexity index is 1280. The molecule has 35 heavy (non-hydrogen) atoms. The summed E-state index contributed by atoms with van der Waals surface area (Å²) in [6.07, 6.45) is -11.9. The number of benzene rings is 1. The van der Waals surface area contributed by atoms with Gasteiger partial charge >= 0.3 is 18.5 Å². The lowest BCUT2D eigenvalue weighted by Gasteiger charge is -2.36. The van der Waals surface area contributed by atoms with E-state index in [1.165, 1.54) is 4.90 Å². The fourth-order valence-corrected chi connectivity index (χ4v) is 4.47. The number of alkyl halides is 6. The van der Waals surface area contributed by atoms with Crippen molar-refractivity contribution in [3.05, 3.63) is 46.1 Å². The van der Waals surface area contributed by atoms with Crippen LogP contribution >= 0.6 is 11.6 Å². The second-order valence-corrected chi connectivity index (χ2v) is 8.42. The predicted molar refractivity (Wildman–Crippen MR) is 108 cm³/mol. The van der Waals surface area contributed by atoms with Crippen LogP contribution in [0.4, 0.5) is 37.1 Å². The van der Waals surface area contributed by atoms with Crippen molar-refractivity contribution >= 4 is 34.6 Å². The van der Waals surface area contributed by atoms with Gasteiger partial charge in [-0.05, 0) is 30.2 Å². The van der Waals surface area contributed by atoms with Crippen LogP contribution in [0.15, 0.2) is 18.2 Å². The van der Waals surface area contributed by atoms with Gasteiger partial charge in [-0.3, -0.25) is 0 Å². The van der Waals surface area contributed by atoms with Gasteiger partial charge in [0.25, 0.3) is 0 Å². The van der Waals surface area contributed by atoms with Crippen molar-refractivity contribution in [2.45, 2.75) is 37.3 Å². The number of carbonyl (C=O) groups excluding carboxylic acids is 1. The molecule has 2 aliphatic heterocycles. The van der Waals surface area contributed by atoms with Crippen molar-refractivity contribution < 1.29 is 40.6 Å². The van der Waals surface area contributed by atoms with Crippen LogP contribution in [-0.4, -0.2) is 45.3 Å². The molecule has 1 N–H and O–H groups in total. The number of hydrogen-bond acceptors (Lipinski definition) is 7. The molecule has 1 fully saturated rings. The Morgan fingerprint density at radius 2 is 1.77 bits per heavy atom. The molecular weight excluding hydrogens is 508 g/mol. The summed E-state index contributed by atoms with van der Waals surface area (Å²) in [7, 11) is 0. The maximum atomic E-state index is 13.4. The molecule has 2 atom stereocenters. The van der Waals surface area contributed by atoms with Crippen LogP contribution in [0.3, 0.4) is 0 Å². The molecule has 1 saturated heterocycles. The fraction of sp³-hybridized carbons (Fsp3) is 0.400. The average molecular weight is 522 g/mol. The van der Waals surface area contributed by atoms with Crippen molar-refractivity contribution in [3.8, 4) is 0 Å². The molecule has 0 radical (unpaired) electrons. The van der Waals surface area contributed by atoms with E-state index in [2.05, 4.69) is 19.9 Å². The van der Waals surface area contributed by atoms with Crippen LogP contribution in [0.5, 0.6) is 0 Å². The van der Waals surface area contributed by atoms with Crippen molar-refractivity contribution in [3.63, 3.8) is 0 Å². The van der Waals surface area contributed by atoms with E-state index in [-0.39, 0.29) is 26.0 Å². The summed E-state index contributed by atoms with van der Waals surface area (Å²) in [6.45, 7) is -0.138. The Hall–Kier alpha value is -3.29. The minimum Gasteiger partial charge on any atom is -0.430 e. The Kier molecular flexibility index (Phi) is 5.45. The quantitative estimate of drug-likeness (QED) is 0.380. The maximum Gasteiger partial charge on any atom is 0.508 e. The number of carbonyl (C=O) groups is 1. The zero-order valence-electron chi connectivity index (χ0n) is 17.4. The summed E-state index contributed by atoms with van der Waals surface area (Å²) in [5.41, 5.74) is 1.97. The number of cyclic esters (lactones) is 2. The molecule has 8 nitrogen and oxygen atoms in total. The number of nitrogens with one attached hydrogen (secondary N) is 1. The summed E-state index contributed by atoms with van der Waals surface area (Å²) in [5.74, 6) is -4.71. The van der Waals surface area contributed by atoms with Gasteiger partial charge in [-0.1, -0.05) is 11.6 Å². The number of rotatable bonds is 3. The normalized spacial score (nSPS) is 20.7. The van der Waals surface area contributed by atoms with Crippen molar-refractivity contribution in [1.29, 1.82) is 0 Å². The second kappa shape index (κ2) is 8.14. The molecule has 15 heteroatoms. The zero-order valence-corrected chi connectivity index (χ0v) is 18.1. The number of anilines is 1. The summed E-state index contributed by atoms with van der Waals surface area (Å²) in [6, 6.07) is 4.20. The first-order chi connectivity index (χ1) is 16.4. The first-order valence-corrected chi connectivity index (χ1v) is 10.6. The SMILES string of the molecule is O=C1OC[C@H](C[C@H]2c3[nH]c4ccc(Cl)cc4c3CCN2c2nc(C(F)(F)F)nc(C(F)(F)F)n2)O1. The Balaban J connectivity index is 1.64. The molecule has 186 valence electrons. The van der Waals surface area contributed by atoms with E-state index in [1.807, 2.05) is 0 Å². The summed E-state index contributed by atoms with van der Waals surface area (Å²) in [4.78, 5) is 25.0. The van der Waals surface area contributed by atoms with Crippen molar-refractivity contribution in [2.75, 3.05) is 18.1 Å². The van der Waals surface area contributed by atoms with Gasteiger partial charge < -0.3 is 19.4 Å². The number of nitrogens with zero attached hydrogens (tertiary/aromatic N) is 4. The lowest BCUT2D eigenvalue weighted by molar-refractivity contribution is -0.155. The van der Waals surface area contributed by atoms with Gasteiger partial charge in [-0.2, -0.15) is 36.3 Å². The van der Waals surface area contributed by atoms with E-state index in [9.17, 15) is 31.1 Å². The lowest BCUT2D eigenvalue weighted by atomic mass is 9.94. The standard InChI is InChI=1S/C20H14ClF6N5O3/c21-8-1-2-12-11(5-8)10-3-4-32(13(14(10)28-12)6-9-7-34-18(33)35-9)17-30-15(19(22,23)24)29-16(31-17)20(25,26)27/h1-2,5,9,13,28H,3-4,6-7H2/t9-,13-/m0/s1. The van der Waals surface area contributed by atoms with E-state index in [1.54, 1.807) is 18.2 Å². The smallest absolute Gasteiger partial charge is 0.430 e. The molecular formula is C20H14ClF6N5O3. The van der Waals surface area contributed by atoms with Crippen LogP contribution in [-0.2, 0) is 28.2 Å². The molecule has 0 aliphatic carbocycles. The third-order valence-electron chi connectivity index (χ3n) is 5.74. The molecule has 0 bridgehead atoms. The van der Waals surface area contributed by atoms with Crippen LogP contribution in [0.2, 0.25) is 5.02 Å². The van der Waals surface area contributed by atoms with E-state index in [4.69, 9.17) is 21.1 Å². The van der Waals surface area contributed by atoms with Crippen LogP contribution in [0, 0.1) is 0 Å². The van der Waals surface area contributed by atoms with Gasteiger partial charge in [-0.25, -0.2) is 9.78 Å². The van der Waals surface area contributed by atoms with Gasteiger partial charge in [0.2, 0.25) is 17.6 Å². The first-order valence-electron chi connectivity index (χ1n) is 10.2. The highest BCUT2D eigenvalue weighted by Crippen LogP contribution is 2.41. The Morgan fingerprint density at radius 1 is 1.09 bits per heavy atom. The van der Waals surface area contributed by atoms with Gasteiger partial charge in [-0.15, -0.1) is 0 Å². The monoisotopic (exact) mass is 521 g/mol. The zero-order chi connectivity index (χ0) is 25.1. The summed E-state index contributed by atoms with van der Waals surface area (Å²) < 4.78 is 90.0. The molecule has 4 heterocycles. The van der Waals surface area contributed by atoms with Crippen LogP contribution in [0.25, 0.3) is 10.9 Å². The number of aromatic amines is 1. The summed E-state index contributed by atoms with van der Waals surface area (Å²) in [5, 5.41) is 1.22. The topological polar surface area (TPSA) is 93.2 Å². The molecule has 0 spiro atoms. The minimum absolute atomic E-state index is 0.00627. The molecule has 2 aliphatic rings. The van der Waals surface area contributed by atoms with Crippen LogP contribution in [0.1, 0.15) is 35.4 Å². The molecule has 3 aromatic rings. The fourth-order valence-electron chi connectivity index (χ4n) is 4.30. The van der Waals surface area contributed by atoms with E-state index < -0.39 is 48.3 Å². The highest BCUT2D eigenvalue weighted by atomic mass is 35.5. The van der Waals surface area contributed by atoms with Gasteiger partial charge in [0, 0.05) is 34.6 Å². The number of hydrogen-bond donors (Lipinski definition) is 1. The van der Waals surface area contributed by atoms with Crippen molar-refractivity contribution in [2.24, 2.45) is 0 Å². The van der Waals surface area contributed by atoms with E-state index in [0.29, 0.717) is 16.2 Å². The molecule has 1 aromatic carbocycles. The van der Waals surface area contributed by atoms with Gasteiger partial charge in [0.1, 0.15) is 12.7 Å². The second-order valence-electron chi connectivity index (χ2n) is 7.98. The number of fused-ring (bicyclic) bond motifs is 3. The molecule has 0 saturated carbocycles. The third kappa shape index (κ3) is 4.42. The third-order valence-corrected chi connectivity index (χ3v) is 5.97. The summed E-state index contributed by atoms with van der Waals surface area (Å²) >= 11 is 6.11. The predicted octanol–water partition coefficient (Wildman–Crippen LogP) is 5.07. The maximum absolute atomic E-state index is 13.4. The number of aromatic nitrogens is 4. The first kappa shape index (κ1) is 23.5. The average Bonchev–Trinajstić information content (AvgIpc) is 3.35. The van der Waals surface area contributed by atoms with Crippen molar-refractivity contribution in [1.82, 2.24) is 19.9 Å². The number of halogens is 7. The van der Waals surface area contributed by atoms with E-state index >= 15 is 0 Å². The number of ether oxygens (including phenoxy) is 2. The Labute approximate surface area is 197 Å². The lowest BCUT2D eigenvalue weighted by Crippen LogP contribution is -2.39. The molecule has 0 unspecified atom stereocenters. The van der Waals surface area contributed by atoms with Gasteiger partial charge in [0.05, 0.1) is 6.04 Å². The molecule has 0 amide bonds. The highest BCUT2D eigenvalue weighted by molar-refractivity contribution is 6.31. The number of H-pyrrole nitrogens is 1. The van der Waals surface area contributed by atoms with E-state index in [0.717, 1.165) is 10.9 Å².